The highest BCUT2D eigenvalue weighted by Gasteiger charge is 2.20. The number of rotatable bonds is 5. The number of hydrogen-bond acceptors (Lipinski definition) is 2. The number of carboxylic acids is 1. The van der Waals surface area contributed by atoms with Gasteiger partial charge in [-0.2, -0.15) is 0 Å². The Kier molecular flexibility index (Phi) is 4.20. The van der Waals surface area contributed by atoms with Crippen LogP contribution in [-0.2, 0) is 4.79 Å². The van der Waals surface area contributed by atoms with Gasteiger partial charge in [0.2, 0.25) is 0 Å². The summed E-state index contributed by atoms with van der Waals surface area (Å²) < 4.78 is 0.647. The van der Waals surface area contributed by atoms with E-state index in [4.69, 9.17) is 5.11 Å². The van der Waals surface area contributed by atoms with Crippen LogP contribution in [0.5, 0.6) is 0 Å². The molecule has 0 aromatic rings. The van der Waals surface area contributed by atoms with Crippen LogP contribution in [0.1, 0.15) is 13.3 Å². The molecule has 72 valence electrons. The zero-order valence-corrected chi connectivity index (χ0v) is 7.95. The largest absolute Gasteiger partial charge is 0.481 e. The molecule has 0 aliphatic heterocycles. The van der Waals surface area contributed by atoms with E-state index in [9.17, 15) is 9.90 Å². The number of quaternary nitrogens is 1. The molecule has 0 aromatic heterocycles. The summed E-state index contributed by atoms with van der Waals surface area (Å²) in [6.45, 7) is 3.38. The highest BCUT2D eigenvalue weighted by atomic mass is 16.4. The van der Waals surface area contributed by atoms with E-state index in [1.807, 2.05) is 21.0 Å². The second-order valence-electron chi connectivity index (χ2n) is 3.69. The second kappa shape index (κ2) is 4.42. The summed E-state index contributed by atoms with van der Waals surface area (Å²) in [7, 11) is 3.93. The Balaban J connectivity index is 3.83. The standard InChI is InChI=1S/C8H17NO3/c1-4-9(2,3)6-7(10)5-8(11)12/h7,10H,4-6H2,1-3H3/p+1. The van der Waals surface area contributed by atoms with Crippen LogP contribution >= 0.6 is 0 Å². The Hall–Kier alpha value is -0.610. The van der Waals surface area contributed by atoms with Crippen molar-refractivity contribution in [3.63, 3.8) is 0 Å². The summed E-state index contributed by atoms with van der Waals surface area (Å²) >= 11 is 0. The molecule has 1 unspecified atom stereocenters. The quantitative estimate of drug-likeness (QED) is 0.576. The van der Waals surface area contributed by atoms with Crippen molar-refractivity contribution in [2.45, 2.75) is 19.4 Å². The third kappa shape index (κ3) is 5.09. The van der Waals surface area contributed by atoms with Gasteiger partial charge in [0.1, 0.15) is 12.6 Å². The number of aliphatic hydroxyl groups excluding tert-OH is 1. The topological polar surface area (TPSA) is 57.5 Å². The number of nitrogens with zero attached hydrogens (tertiary/aromatic N) is 1. The van der Waals surface area contributed by atoms with Crippen molar-refractivity contribution in [2.24, 2.45) is 0 Å². The summed E-state index contributed by atoms with van der Waals surface area (Å²) in [5.74, 6) is -0.946. The fraction of sp³-hybridized carbons (Fsp3) is 0.875. The Morgan fingerprint density at radius 1 is 1.50 bits per heavy atom. The van der Waals surface area contributed by atoms with Gasteiger partial charge in [-0.3, -0.25) is 4.79 Å². The average molecular weight is 176 g/mol. The molecule has 0 radical (unpaired) electrons. The number of carbonyl (C=O) groups is 1. The monoisotopic (exact) mass is 176 g/mol. The van der Waals surface area contributed by atoms with Crippen LogP contribution in [0.3, 0.4) is 0 Å². The highest BCUT2D eigenvalue weighted by molar-refractivity contribution is 5.67. The molecule has 0 saturated carbocycles. The molecule has 4 heteroatoms. The molecule has 0 saturated heterocycles. The normalized spacial score (nSPS) is 14.3. The molecule has 0 fully saturated rings. The molecule has 1 atom stereocenters. The molecule has 12 heavy (non-hydrogen) atoms. The Bertz CT molecular complexity index is 156. The molecule has 2 N–H and O–H groups in total. The maximum Gasteiger partial charge on any atom is 0.306 e. The third-order valence-electron chi connectivity index (χ3n) is 1.97. The van der Waals surface area contributed by atoms with Gasteiger partial charge in [-0.1, -0.05) is 0 Å². The first kappa shape index (κ1) is 11.4. The molecule has 0 aliphatic carbocycles. The van der Waals surface area contributed by atoms with Crippen molar-refractivity contribution < 1.29 is 19.5 Å². The van der Waals surface area contributed by atoms with Crippen LogP contribution in [0, 0.1) is 0 Å². The predicted molar refractivity (Wildman–Crippen MR) is 45.8 cm³/mol. The van der Waals surface area contributed by atoms with Gasteiger partial charge in [0.05, 0.1) is 27.1 Å². The first-order valence-electron chi connectivity index (χ1n) is 4.09. The summed E-state index contributed by atoms with van der Waals surface area (Å²) in [5, 5.41) is 17.7. The van der Waals surface area contributed by atoms with Crippen LogP contribution in [0.25, 0.3) is 0 Å². The van der Waals surface area contributed by atoms with Crippen LogP contribution in [-0.4, -0.2) is 54.0 Å². The van der Waals surface area contributed by atoms with Gasteiger partial charge < -0.3 is 14.7 Å². The van der Waals surface area contributed by atoms with Gasteiger partial charge in [0, 0.05) is 0 Å². The molecule has 0 rings (SSSR count). The fourth-order valence-electron chi connectivity index (χ4n) is 0.966. The minimum atomic E-state index is -0.946. The number of aliphatic carboxylic acids is 1. The molecule has 0 spiro atoms. The van der Waals surface area contributed by atoms with Crippen LogP contribution in [0.2, 0.25) is 0 Å². The van der Waals surface area contributed by atoms with Gasteiger partial charge >= 0.3 is 5.97 Å². The lowest BCUT2D eigenvalue weighted by atomic mass is 10.2. The summed E-state index contributed by atoms with van der Waals surface area (Å²) in [5.41, 5.74) is 0. The number of hydrogen-bond donors (Lipinski definition) is 2. The first-order chi connectivity index (χ1) is 5.37. The van der Waals surface area contributed by atoms with Gasteiger partial charge in [0.25, 0.3) is 0 Å². The van der Waals surface area contributed by atoms with E-state index in [1.54, 1.807) is 0 Å². The lowest BCUT2D eigenvalue weighted by molar-refractivity contribution is -0.891. The van der Waals surface area contributed by atoms with Crippen molar-refractivity contribution in [3.05, 3.63) is 0 Å². The third-order valence-corrected chi connectivity index (χ3v) is 1.97. The molecular formula is C8H18NO3+. The predicted octanol–water partition coefficient (Wildman–Crippen LogP) is -0.0817. The Morgan fingerprint density at radius 3 is 2.33 bits per heavy atom. The van der Waals surface area contributed by atoms with Crippen LogP contribution in [0.4, 0.5) is 0 Å². The maximum atomic E-state index is 10.2. The fourth-order valence-corrected chi connectivity index (χ4v) is 0.966. The number of aliphatic hydroxyl groups is 1. The van der Waals surface area contributed by atoms with Crippen molar-refractivity contribution in [3.8, 4) is 0 Å². The molecule has 0 aliphatic rings. The van der Waals surface area contributed by atoms with Gasteiger partial charge in [-0.15, -0.1) is 0 Å². The average Bonchev–Trinajstić information content (AvgIpc) is 1.84. The second-order valence-corrected chi connectivity index (χ2v) is 3.69. The van der Waals surface area contributed by atoms with Gasteiger partial charge in [-0.25, -0.2) is 0 Å². The van der Waals surface area contributed by atoms with Crippen molar-refractivity contribution in [2.75, 3.05) is 27.2 Å². The van der Waals surface area contributed by atoms with E-state index in [0.29, 0.717) is 11.0 Å². The molecule has 0 amide bonds. The van der Waals surface area contributed by atoms with Crippen LogP contribution < -0.4 is 0 Å². The van der Waals surface area contributed by atoms with E-state index in [2.05, 4.69) is 0 Å². The number of likely N-dealkylation sites (N-methyl/N-ethyl adjacent to an activating group) is 1. The summed E-state index contributed by atoms with van der Waals surface area (Å²) in [6, 6.07) is 0. The molecular weight excluding hydrogens is 158 g/mol. The van der Waals surface area contributed by atoms with Gasteiger partial charge in [0.15, 0.2) is 0 Å². The van der Waals surface area contributed by atoms with E-state index in [1.165, 1.54) is 0 Å². The van der Waals surface area contributed by atoms with E-state index in [-0.39, 0.29) is 6.42 Å². The van der Waals surface area contributed by atoms with E-state index >= 15 is 0 Å². The van der Waals surface area contributed by atoms with E-state index in [0.717, 1.165) is 6.54 Å². The lowest BCUT2D eigenvalue weighted by Gasteiger charge is -2.29. The Morgan fingerprint density at radius 2 is 2.00 bits per heavy atom. The lowest BCUT2D eigenvalue weighted by Crippen LogP contribution is -2.45. The van der Waals surface area contributed by atoms with Crippen molar-refractivity contribution >= 4 is 5.97 Å². The van der Waals surface area contributed by atoms with Gasteiger partial charge in [-0.05, 0) is 6.92 Å². The van der Waals surface area contributed by atoms with Crippen molar-refractivity contribution in [1.29, 1.82) is 0 Å². The smallest absolute Gasteiger partial charge is 0.306 e. The molecule has 0 aromatic carbocycles. The summed E-state index contributed by atoms with van der Waals surface area (Å²) in [6.07, 6.45) is -0.903. The minimum absolute atomic E-state index is 0.165. The Labute approximate surface area is 73.0 Å². The minimum Gasteiger partial charge on any atom is -0.481 e. The molecule has 4 nitrogen and oxygen atoms in total. The molecule has 0 heterocycles. The van der Waals surface area contributed by atoms with E-state index < -0.39 is 12.1 Å². The van der Waals surface area contributed by atoms with Crippen molar-refractivity contribution in [1.82, 2.24) is 0 Å². The highest BCUT2D eigenvalue weighted by Crippen LogP contribution is 2.01. The van der Waals surface area contributed by atoms with Crippen LogP contribution in [0.15, 0.2) is 0 Å². The molecule has 0 bridgehead atoms. The summed E-state index contributed by atoms with van der Waals surface area (Å²) in [4.78, 5) is 10.2. The first-order valence-corrected chi connectivity index (χ1v) is 4.09. The zero-order valence-electron chi connectivity index (χ0n) is 7.95. The maximum absolute atomic E-state index is 10.2. The zero-order chi connectivity index (χ0) is 9.78. The number of carboxylic acid groups (broad SMARTS) is 1. The SMILES string of the molecule is CC[N+](C)(C)CC(O)CC(=O)O.